The summed E-state index contributed by atoms with van der Waals surface area (Å²) in [6.07, 6.45) is 0. The van der Waals surface area contributed by atoms with Gasteiger partial charge in [-0.15, -0.1) is 0 Å². The molecule has 2 rings (SSSR count). The van der Waals surface area contributed by atoms with E-state index in [-0.39, 0.29) is 6.04 Å². The lowest BCUT2D eigenvalue weighted by Crippen LogP contribution is -2.23. The Kier molecular flexibility index (Phi) is 5.22. The highest BCUT2D eigenvalue weighted by Crippen LogP contribution is 2.25. The summed E-state index contributed by atoms with van der Waals surface area (Å²) in [6.45, 7) is 11.7. The van der Waals surface area contributed by atoms with Crippen LogP contribution >= 0.6 is 15.9 Å². The number of aromatic nitrogens is 2. The van der Waals surface area contributed by atoms with Gasteiger partial charge in [-0.1, -0.05) is 28.1 Å². The van der Waals surface area contributed by atoms with E-state index in [0.29, 0.717) is 6.04 Å². The molecule has 114 valence electrons. The van der Waals surface area contributed by atoms with Crippen molar-refractivity contribution in [2.45, 2.75) is 53.2 Å². The molecule has 0 aliphatic carbocycles. The Labute approximate surface area is 135 Å². The molecule has 2 atom stereocenters. The second-order valence-electron chi connectivity index (χ2n) is 5.57. The number of hydrogen-bond acceptors (Lipinski definition) is 2. The van der Waals surface area contributed by atoms with Crippen LogP contribution in [0.15, 0.2) is 28.7 Å². The van der Waals surface area contributed by atoms with Gasteiger partial charge in [-0.25, -0.2) is 0 Å². The van der Waals surface area contributed by atoms with E-state index in [2.05, 4.69) is 89.9 Å². The highest BCUT2D eigenvalue weighted by molar-refractivity contribution is 9.10. The van der Waals surface area contributed by atoms with Crippen LogP contribution in [-0.2, 0) is 6.54 Å². The van der Waals surface area contributed by atoms with Crippen LogP contribution in [0.1, 0.15) is 55.4 Å². The third kappa shape index (κ3) is 3.55. The van der Waals surface area contributed by atoms with Crippen molar-refractivity contribution in [2.24, 2.45) is 0 Å². The number of rotatable bonds is 5. The summed E-state index contributed by atoms with van der Waals surface area (Å²) < 4.78 is 3.19. The molecule has 0 bridgehead atoms. The Morgan fingerprint density at radius 3 is 2.52 bits per heavy atom. The first-order valence-electron chi connectivity index (χ1n) is 7.49. The minimum absolute atomic E-state index is 0.277. The van der Waals surface area contributed by atoms with E-state index in [1.807, 2.05) is 0 Å². The van der Waals surface area contributed by atoms with Gasteiger partial charge in [0.05, 0.1) is 5.69 Å². The van der Waals surface area contributed by atoms with Crippen LogP contribution in [0, 0.1) is 13.8 Å². The van der Waals surface area contributed by atoms with E-state index in [1.165, 1.54) is 16.8 Å². The summed E-state index contributed by atoms with van der Waals surface area (Å²) in [5.41, 5.74) is 4.99. The number of benzene rings is 1. The van der Waals surface area contributed by atoms with Gasteiger partial charge in [0.2, 0.25) is 0 Å². The largest absolute Gasteiger partial charge is 0.304 e. The Hall–Kier alpha value is -1.13. The zero-order chi connectivity index (χ0) is 15.6. The zero-order valence-corrected chi connectivity index (χ0v) is 15.0. The van der Waals surface area contributed by atoms with E-state index in [1.54, 1.807) is 0 Å². The van der Waals surface area contributed by atoms with Crippen LogP contribution in [0.25, 0.3) is 0 Å². The average Bonchev–Trinajstić information content (AvgIpc) is 2.73. The molecular weight excluding hydrogens is 326 g/mol. The number of halogens is 1. The quantitative estimate of drug-likeness (QED) is 0.848. The number of hydrogen-bond donors (Lipinski definition) is 1. The lowest BCUT2D eigenvalue weighted by Gasteiger charge is -2.21. The normalized spacial score (nSPS) is 14.2. The smallest absolute Gasteiger partial charge is 0.0644 e. The van der Waals surface area contributed by atoms with Gasteiger partial charge >= 0.3 is 0 Å². The molecular formula is C17H24BrN3. The van der Waals surface area contributed by atoms with Crippen LogP contribution in [0.2, 0.25) is 0 Å². The lowest BCUT2D eigenvalue weighted by molar-refractivity contribution is 0.490. The molecule has 0 saturated carbocycles. The molecule has 1 heterocycles. The van der Waals surface area contributed by atoms with E-state index >= 15 is 0 Å². The van der Waals surface area contributed by atoms with Crippen molar-refractivity contribution in [1.82, 2.24) is 15.1 Å². The highest BCUT2D eigenvalue weighted by atomic mass is 79.9. The molecule has 1 N–H and O–H groups in total. The summed E-state index contributed by atoms with van der Waals surface area (Å²) in [5, 5.41) is 8.30. The second kappa shape index (κ2) is 6.75. The zero-order valence-electron chi connectivity index (χ0n) is 13.4. The van der Waals surface area contributed by atoms with Gasteiger partial charge in [0.15, 0.2) is 0 Å². The Morgan fingerprint density at radius 1 is 1.24 bits per heavy atom. The van der Waals surface area contributed by atoms with Crippen LogP contribution < -0.4 is 5.32 Å². The first kappa shape index (κ1) is 16.2. The van der Waals surface area contributed by atoms with Crippen molar-refractivity contribution in [3.8, 4) is 0 Å². The molecule has 3 nitrogen and oxygen atoms in total. The van der Waals surface area contributed by atoms with Crippen molar-refractivity contribution >= 4 is 15.9 Å². The van der Waals surface area contributed by atoms with Crippen molar-refractivity contribution in [1.29, 1.82) is 0 Å². The number of aryl methyl sites for hydroxylation is 2. The van der Waals surface area contributed by atoms with E-state index in [9.17, 15) is 0 Å². The first-order chi connectivity index (χ1) is 9.93. The van der Waals surface area contributed by atoms with Gasteiger partial charge in [-0.05, 0) is 52.3 Å². The number of nitrogens with zero attached hydrogens (tertiary/aromatic N) is 2. The first-order valence-corrected chi connectivity index (χ1v) is 8.28. The van der Waals surface area contributed by atoms with Crippen LogP contribution in [-0.4, -0.2) is 9.78 Å². The van der Waals surface area contributed by atoms with Gasteiger partial charge < -0.3 is 5.32 Å². The molecule has 0 saturated heterocycles. The van der Waals surface area contributed by atoms with Crippen molar-refractivity contribution in [2.75, 3.05) is 0 Å². The van der Waals surface area contributed by atoms with Crippen LogP contribution in [0.4, 0.5) is 0 Å². The van der Waals surface area contributed by atoms with E-state index < -0.39 is 0 Å². The standard InChI is InChI=1S/C17H24BrN3/c1-6-21-14(5)17(13(4)20-21)12(3)19-11(2)15-8-7-9-16(18)10-15/h7-12,19H,6H2,1-5H3/t11-,12?/m0/s1. The third-order valence-corrected chi connectivity index (χ3v) is 4.51. The monoisotopic (exact) mass is 349 g/mol. The fourth-order valence-electron chi connectivity index (χ4n) is 2.98. The SMILES string of the molecule is CCn1nc(C)c(C(C)N[C@@H](C)c2cccc(Br)c2)c1C. The minimum atomic E-state index is 0.277. The van der Waals surface area contributed by atoms with Crippen molar-refractivity contribution in [3.63, 3.8) is 0 Å². The highest BCUT2D eigenvalue weighted by Gasteiger charge is 2.19. The predicted octanol–water partition coefficient (Wildman–Crippen LogP) is 4.69. The lowest BCUT2D eigenvalue weighted by atomic mass is 10.0. The number of nitrogens with one attached hydrogen (secondary N) is 1. The topological polar surface area (TPSA) is 29.9 Å². The van der Waals surface area contributed by atoms with Gasteiger partial charge in [-0.2, -0.15) is 5.10 Å². The summed E-state index contributed by atoms with van der Waals surface area (Å²) in [5.74, 6) is 0. The molecule has 0 spiro atoms. The maximum absolute atomic E-state index is 4.61. The van der Waals surface area contributed by atoms with Gasteiger partial charge in [0, 0.05) is 34.4 Å². The van der Waals surface area contributed by atoms with Gasteiger partial charge in [-0.3, -0.25) is 4.68 Å². The Balaban J connectivity index is 2.18. The minimum Gasteiger partial charge on any atom is -0.304 e. The maximum Gasteiger partial charge on any atom is 0.0644 e. The molecule has 0 fully saturated rings. The summed E-state index contributed by atoms with van der Waals surface area (Å²) in [7, 11) is 0. The van der Waals surface area contributed by atoms with Gasteiger partial charge in [0.1, 0.15) is 0 Å². The second-order valence-corrected chi connectivity index (χ2v) is 6.48. The summed E-state index contributed by atoms with van der Waals surface area (Å²) >= 11 is 3.54. The van der Waals surface area contributed by atoms with Crippen LogP contribution in [0.5, 0.6) is 0 Å². The Bertz CT molecular complexity index is 618. The molecule has 1 unspecified atom stereocenters. The van der Waals surface area contributed by atoms with E-state index in [0.717, 1.165) is 16.7 Å². The molecule has 1 aromatic heterocycles. The molecule has 1 aromatic carbocycles. The van der Waals surface area contributed by atoms with Crippen molar-refractivity contribution in [3.05, 3.63) is 51.3 Å². The molecule has 0 radical (unpaired) electrons. The van der Waals surface area contributed by atoms with Crippen LogP contribution in [0.3, 0.4) is 0 Å². The molecule has 0 amide bonds. The summed E-state index contributed by atoms with van der Waals surface area (Å²) in [4.78, 5) is 0. The van der Waals surface area contributed by atoms with Gasteiger partial charge in [0.25, 0.3) is 0 Å². The average molecular weight is 350 g/mol. The molecule has 2 aromatic rings. The molecule has 4 heteroatoms. The molecule has 21 heavy (non-hydrogen) atoms. The molecule has 0 aliphatic rings. The fourth-order valence-corrected chi connectivity index (χ4v) is 3.39. The Morgan fingerprint density at radius 2 is 1.95 bits per heavy atom. The fraction of sp³-hybridized carbons (Fsp3) is 0.471. The van der Waals surface area contributed by atoms with Crippen molar-refractivity contribution < 1.29 is 0 Å². The van der Waals surface area contributed by atoms with E-state index in [4.69, 9.17) is 0 Å². The third-order valence-electron chi connectivity index (χ3n) is 4.02. The predicted molar refractivity (Wildman–Crippen MR) is 91.5 cm³/mol. The summed E-state index contributed by atoms with van der Waals surface area (Å²) in [6, 6.07) is 9.03. The maximum atomic E-state index is 4.61. The molecule has 0 aliphatic heterocycles.